The van der Waals surface area contributed by atoms with E-state index in [1.807, 2.05) is 36.7 Å². The van der Waals surface area contributed by atoms with E-state index in [1.54, 1.807) is 12.4 Å². The fraction of sp³-hybridized carbons (Fsp3) is 0. The van der Waals surface area contributed by atoms with Crippen molar-refractivity contribution in [2.45, 2.75) is 0 Å². The van der Waals surface area contributed by atoms with Crippen LogP contribution in [0.4, 0.5) is 0 Å². The Morgan fingerprint density at radius 3 is 2.12 bits per heavy atom. The second kappa shape index (κ2) is 10.3. The monoisotopic (exact) mass is 704 g/mol. The molecule has 0 aliphatic rings. The SMILES string of the molecule is [Ir].[c-]1ccc2ccccc2c1-n1c2ccccc2n2ccnc12.[c-]1cccc2c1c1nccnc1c1ccccc21. The van der Waals surface area contributed by atoms with Crippen LogP contribution in [0, 0.1) is 12.1 Å². The Kier molecular flexibility index (Phi) is 6.27. The second-order valence-electron chi connectivity index (χ2n) is 9.59. The number of rotatable bonds is 1. The molecule has 0 saturated heterocycles. The van der Waals surface area contributed by atoms with Gasteiger partial charge in [-0.3, -0.25) is 9.38 Å². The smallest absolute Gasteiger partial charge is 0.217 e. The van der Waals surface area contributed by atoms with E-state index in [4.69, 9.17) is 0 Å². The molecule has 0 atom stereocenters. The van der Waals surface area contributed by atoms with Gasteiger partial charge in [-0.2, -0.15) is 18.2 Å². The summed E-state index contributed by atoms with van der Waals surface area (Å²) in [6.07, 6.45) is 7.31. The van der Waals surface area contributed by atoms with Gasteiger partial charge in [0, 0.05) is 50.4 Å². The summed E-state index contributed by atoms with van der Waals surface area (Å²) in [6.45, 7) is 0. The summed E-state index contributed by atoms with van der Waals surface area (Å²) in [4.78, 5) is 13.5. The number of hydrogen-bond acceptors (Lipinski definition) is 3. The van der Waals surface area contributed by atoms with Gasteiger partial charge < -0.3 is 9.55 Å². The Hall–Kier alpha value is -4.90. The minimum absolute atomic E-state index is 0. The third-order valence-electron chi connectivity index (χ3n) is 7.39. The van der Waals surface area contributed by atoms with E-state index in [1.165, 1.54) is 21.5 Å². The van der Waals surface area contributed by atoms with Gasteiger partial charge in [-0.1, -0.05) is 71.1 Å². The summed E-state index contributed by atoms with van der Waals surface area (Å²) >= 11 is 0. The quantitative estimate of drug-likeness (QED) is 0.129. The Morgan fingerprint density at radius 2 is 1.24 bits per heavy atom. The van der Waals surface area contributed by atoms with Gasteiger partial charge in [0.1, 0.15) is 0 Å². The molecular weight excluding hydrogens is 683 g/mol. The van der Waals surface area contributed by atoms with Gasteiger partial charge >= 0.3 is 0 Å². The maximum Gasteiger partial charge on any atom is 0.217 e. The number of nitrogens with zero attached hydrogens (tertiary/aromatic N) is 5. The van der Waals surface area contributed by atoms with Crippen molar-refractivity contribution in [3.63, 3.8) is 0 Å². The summed E-state index contributed by atoms with van der Waals surface area (Å²) in [5, 5.41) is 6.96. The third kappa shape index (κ3) is 4.00. The van der Waals surface area contributed by atoms with Crippen molar-refractivity contribution < 1.29 is 20.1 Å². The number of para-hydroxylation sites is 2. The molecule has 3 heterocycles. The van der Waals surface area contributed by atoms with Crippen LogP contribution >= 0.6 is 0 Å². The second-order valence-corrected chi connectivity index (χ2v) is 9.59. The normalized spacial score (nSPS) is 11.2. The van der Waals surface area contributed by atoms with Crippen LogP contribution in [0.2, 0.25) is 0 Å². The number of fused-ring (bicyclic) bond motifs is 10. The predicted octanol–water partition coefficient (Wildman–Crippen LogP) is 7.97. The molecule has 9 rings (SSSR count). The Bertz CT molecular complexity index is 2130. The fourth-order valence-corrected chi connectivity index (χ4v) is 5.67. The number of hydrogen-bond donors (Lipinski definition) is 0. The molecule has 6 aromatic carbocycles. The first kappa shape index (κ1) is 25.1. The molecule has 0 N–H and O–H groups in total. The molecular formula is C35H21IrN5-2. The molecule has 0 unspecified atom stereocenters. The molecule has 0 bridgehead atoms. The van der Waals surface area contributed by atoms with Gasteiger partial charge in [0.15, 0.2) is 0 Å². The first-order chi connectivity index (χ1) is 19.9. The van der Waals surface area contributed by atoms with E-state index in [2.05, 4.69) is 115 Å². The maximum atomic E-state index is 4.54. The van der Waals surface area contributed by atoms with Crippen LogP contribution in [0.3, 0.4) is 0 Å². The van der Waals surface area contributed by atoms with Crippen molar-refractivity contribution in [3.05, 3.63) is 140 Å². The zero-order valence-electron chi connectivity index (χ0n) is 21.7. The van der Waals surface area contributed by atoms with Crippen molar-refractivity contribution in [2.75, 3.05) is 0 Å². The zero-order valence-corrected chi connectivity index (χ0v) is 24.1. The molecule has 197 valence electrons. The molecule has 0 aliphatic carbocycles. The van der Waals surface area contributed by atoms with Gasteiger partial charge in [-0.05, 0) is 17.5 Å². The molecule has 5 nitrogen and oxygen atoms in total. The van der Waals surface area contributed by atoms with E-state index < -0.39 is 0 Å². The minimum Gasteiger partial charge on any atom is -0.302 e. The molecule has 0 fully saturated rings. The summed E-state index contributed by atoms with van der Waals surface area (Å²) < 4.78 is 4.29. The van der Waals surface area contributed by atoms with Crippen LogP contribution in [0.5, 0.6) is 0 Å². The van der Waals surface area contributed by atoms with Gasteiger partial charge in [-0.15, -0.1) is 46.5 Å². The number of aromatic nitrogens is 5. The van der Waals surface area contributed by atoms with Crippen molar-refractivity contribution >= 4 is 60.2 Å². The molecule has 3 aromatic heterocycles. The summed E-state index contributed by atoms with van der Waals surface area (Å²) in [5.41, 5.74) is 5.19. The molecule has 9 aromatic rings. The zero-order chi connectivity index (χ0) is 26.5. The van der Waals surface area contributed by atoms with Crippen LogP contribution in [-0.2, 0) is 20.1 Å². The van der Waals surface area contributed by atoms with Crippen LogP contribution in [-0.4, -0.2) is 23.9 Å². The molecule has 0 saturated carbocycles. The van der Waals surface area contributed by atoms with Crippen LogP contribution in [0.15, 0.2) is 128 Å². The summed E-state index contributed by atoms with van der Waals surface area (Å²) in [7, 11) is 0. The first-order valence-electron chi connectivity index (χ1n) is 13.1. The maximum absolute atomic E-state index is 4.54. The largest absolute Gasteiger partial charge is 0.302 e. The van der Waals surface area contributed by atoms with Gasteiger partial charge in [-0.25, -0.2) is 4.98 Å². The molecule has 6 heteroatoms. The van der Waals surface area contributed by atoms with Gasteiger partial charge in [0.05, 0.1) is 16.6 Å². The summed E-state index contributed by atoms with van der Waals surface area (Å²) in [5.74, 6) is 0.911. The van der Waals surface area contributed by atoms with E-state index in [0.29, 0.717) is 0 Å². The Balaban J connectivity index is 0.000000134. The van der Waals surface area contributed by atoms with Crippen molar-refractivity contribution in [1.29, 1.82) is 0 Å². The predicted molar refractivity (Wildman–Crippen MR) is 162 cm³/mol. The molecule has 0 spiro atoms. The molecule has 0 amide bonds. The van der Waals surface area contributed by atoms with Crippen LogP contribution in [0.1, 0.15) is 0 Å². The molecule has 0 aliphatic heterocycles. The fourth-order valence-electron chi connectivity index (χ4n) is 5.67. The number of imidazole rings is 2. The molecule has 1 radical (unpaired) electrons. The van der Waals surface area contributed by atoms with Gasteiger partial charge in [0.2, 0.25) is 5.78 Å². The standard InChI is InChI=1S/C19H12N3.C16H9N2.Ir/c1-2-8-15-14(6-1)7-5-11-16(15)22-18-10-4-3-9-17(18)21-13-12-20-19(21)22;1-3-7-13-11(5-1)12-6-2-4-8-14(12)16-15(13)17-9-10-18-16;/h1-10,12-13H;1-7,9-10H;/q2*-1;. The third-order valence-corrected chi connectivity index (χ3v) is 7.39. The topological polar surface area (TPSA) is 48.0 Å². The van der Waals surface area contributed by atoms with E-state index in [-0.39, 0.29) is 20.1 Å². The van der Waals surface area contributed by atoms with E-state index in [0.717, 1.165) is 44.3 Å². The minimum atomic E-state index is 0. The number of benzene rings is 6. The van der Waals surface area contributed by atoms with Crippen molar-refractivity contribution in [3.8, 4) is 5.69 Å². The average molecular weight is 704 g/mol. The van der Waals surface area contributed by atoms with E-state index >= 15 is 0 Å². The Morgan fingerprint density at radius 1 is 0.537 bits per heavy atom. The van der Waals surface area contributed by atoms with Crippen LogP contribution in [0.25, 0.3) is 65.8 Å². The van der Waals surface area contributed by atoms with E-state index in [9.17, 15) is 0 Å². The van der Waals surface area contributed by atoms with Crippen LogP contribution < -0.4 is 0 Å². The first-order valence-corrected chi connectivity index (χ1v) is 13.1. The van der Waals surface area contributed by atoms with Gasteiger partial charge in [0.25, 0.3) is 0 Å². The molecule has 41 heavy (non-hydrogen) atoms. The van der Waals surface area contributed by atoms with Crippen molar-refractivity contribution in [1.82, 2.24) is 23.9 Å². The Labute approximate surface area is 249 Å². The average Bonchev–Trinajstić information content (AvgIpc) is 3.63. The van der Waals surface area contributed by atoms with Crippen molar-refractivity contribution in [2.24, 2.45) is 0 Å². The summed E-state index contributed by atoms with van der Waals surface area (Å²) in [6, 6.07) is 41.8.